The maximum absolute atomic E-state index is 12.5. The number of nitrogens with one attached hydrogen (secondary N) is 1. The first kappa shape index (κ1) is 21.5. The summed E-state index contributed by atoms with van der Waals surface area (Å²) < 4.78 is 36.6. The Morgan fingerprint density at radius 3 is 2.68 bits per heavy atom. The normalized spacial score (nSPS) is 19.9. The van der Waals surface area contributed by atoms with Crippen molar-refractivity contribution in [2.75, 3.05) is 26.1 Å². The number of carbonyl (C=O) groups excluding carboxylic acids is 2. The highest BCUT2D eigenvalue weighted by atomic mass is 32.2. The Morgan fingerprint density at radius 1 is 1.50 bits per heavy atom. The lowest BCUT2D eigenvalue weighted by Crippen LogP contribution is -2.73. The SMILES string of the molecule is COC[C@H]1[C@@H](NC(=O)/C(=N\OCC(=O)O)c2csc(N)n2)C(=O)N1S(=O)(=O)O. The van der Waals surface area contributed by atoms with Crippen LogP contribution in [0, 0.1) is 0 Å². The molecule has 2 amide bonds. The Bertz CT molecular complexity index is 912. The van der Waals surface area contributed by atoms with Gasteiger partial charge >= 0.3 is 16.3 Å². The molecule has 14 nitrogen and oxygen atoms in total. The van der Waals surface area contributed by atoms with Crippen molar-refractivity contribution in [3.63, 3.8) is 0 Å². The van der Waals surface area contributed by atoms with Crippen molar-refractivity contribution >= 4 is 50.3 Å². The fourth-order valence-electron chi connectivity index (χ4n) is 2.26. The Morgan fingerprint density at radius 2 is 2.18 bits per heavy atom. The van der Waals surface area contributed by atoms with Crippen LogP contribution in [0.15, 0.2) is 10.5 Å². The number of hydrogen-bond acceptors (Lipinski definition) is 11. The molecule has 1 aromatic heterocycles. The van der Waals surface area contributed by atoms with Gasteiger partial charge in [0.05, 0.1) is 6.61 Å². The van der Waals surface area contributed by atoms with Gasteiger partial charge in [-0.15, -0.1) is 11.3 Å². The number of anilines is 1. The van der Waals surface area contributed by atoms with Gasteiger partial charge in [0, 0.05) is 12.5 Å². The van der Waals surface area contributed by atoms with Crippen LogP contribution < -0.4 is 11.1 Å². The molecule has 2 heterocycles. The smallest absolute Gasteiger partial charge is 0.362 e. The van der Waals surface area contributed by atoms with Gasteiger partial charge in [0.25, 0.3) is 11.8 Å². The third-order valence-corrected chi connectivity index (χ3v) is 4.99. The zero-order valence-corrected chi connectivity index (χ0v) is 15.8. The van der Waals surface area contributed by atoms with Crippen LogP contribution in [0.5, 0.6) is 0 Å². The topological polar surface area (TPSA) is 211 Å². The molecular weight excluding hydrogens is 422 g/mol. The molecular formula is C12H15N5O9S2. The van der Waals surface area contributed by atoms with Crippen LogP contribution in [0.2, 0.25) is 0 Å². The number of methoxy groups -OCH3 is 1. The Labute approximate surface area is 161 Å². The van der Waals surface area contributed by atoms with E-state index in [0.717, 1.165) is 11.3 Å². The van der Waals surface area contributed by atoms with Crippen LogP contribution in [-0.4, -0.2) is 83.3 Å². The number of rotatable bonds is 9. The third kappa shape index (κ3) is 4.71. The number of amides is 2. The molecule has 1 saturated heterocycles. The summed E-state index contributed by atoms with van der Waals surface area (Å²) in [5, 5.41) is 15.7. The number of aliphatic carboxylic acids is 1. The van der Waals surface area contributed by atoms with Gasteiger partial charge in [-0.2, -0.15) is 8.42 Å². The van der Waals surface area contributed by atoms with Crippen LogP contribution in [0.4, 0.5) is 5.13 Å². The van der Waals surface area contributed by atoms with Gasteiger partial charge in [-0.1, -0.05) is 5.16 Å². The van der Waals surface area contributed by atoms with Crippen molar-refractivity contribution < 1.29 is 42.0 Å². The van der Waals surface area contributed by atoms with Gasteiger partial charge in [0.15, 0.2) is 10.8 Å². The van der Waals surface area contributed by atoms with Crippen molar-refractivity contribution in [2.24, 2.45) is 5.16 Å². The fraction of sp³-hybridized carbons (Fsp3) is 0.417. The summed E-state index contributed by atoms with van der Waals surface area (Å²) in [5.41, 5.74) is 4.96. The molecule has 0 aromatic carbocycles. The molecule has 0 radical (unpaired) electrons. The monoisotopic (exact) mass is 437 g/mol. The summed E-state index contributed by atoms with van der Waals surface area (Å²) in [6, 6.07) is -2.55. The average Bonchev–Trinajstić information content (AvgIpc) is 3.00. The van der Waals surface area contributed by atoms with Gasteiger partial charge < -0.3 is 25.7 Å². The minimum atomic E-state index is -4.84. The van der Waals surface area contributed by atoms with Gasteiger partial charge in [-0.3, -0.25) is 14.1 Å². The minimum absolute atomic E-state index is 0.0490. The standard InChI is InChI=1S/C12H15N5O9S2/c1-25-2-6-9(11(21)17(6)28(22,23)24)15-10(20)8(16-26-3-7(18)19)5-4-27-12(13)14-5/h4,6,9H,2-3H2,1H3,(H2,13,14)(H,15,20)(H,18,19)(H,22,23,24)/b16-8-/t6-,9+/m0/s1. The number of nitrogen functional groups attached to an aromatic ring is 1. The molecule has 16 heteroatoms. The van der Waals surface area contributed by atoms with Crippen molar-refractivity contribution in [2.45, 2.75) is 12.1 Å². The number of carboxylic acid groups (broad SMARTS) is 1. The highest BCUT2D eigenvalue weighted by Gasteiger charge is 2.54. The highest BCUT2D eigenvalue weighted by Crippen LogP contribution is 2.24. The molecule has 1 aromatic rings. The molecule has 1 aliphatic heterocycles. The average molecular weight is 437 g/mol. The summed E-state index contributed by atoms with van der Waals surface area (Å²) >= 11 is 0.968. The van der Waals surface area contributed by atoms with Crippen molar-refractivity contribution in [1.29, 1.82) is 0 Å². The van der Waals surface area contributed by atoms with Crippen LogP contribution >= 0.6 is 11.3 Å². The van der Waals surface area contributed by atoms with E-state index in [1.54, 1.807) is 0 Å². The van der Waals surface area contributed by atoms with E-state index in [0.29, 0.717) is 0 Å². The third-order valence-electron chi connectivity index (χ3n) is 3.37. The van der Waals surface area contributed by atoms with Crippen molar-refractivity contribution in [3.8, 4) is 0 Å². The molecule has 5 N–H and O–H groups in total. The van der Waals surface area contributed by atoms with Gasteiger partial charge in [-0.05, 0) is 0 Å². The second kappa shape index (κ2) is 8.46. The van der Waals surface area contributed by atoms with Gasteiger partial charge in [-0.25, -0.2) is 14.1 Å². The van der Waals surface area contributed by atoms with E-state index >= 15 is 0 Å². The number of nitrogens with zero attached hydrogens (tertiary/aromatic N) is 3. The predicted molar refractivity (Wildman–Crippen MR) is 92.6 cm³/mol. The Kier molecular flexibility index (Phi) is 6.49. The summed E-state index contributed by atoms with van der Waals surface area (Å²) in [4.78, 5) is 43.5. The summed E-state index contributed by atoms with van der Waals surface area (Å²) in [7, 11) is -3.61. The first-order valence-corrected chi connectivity index (χ1v) is 9.57. The van der Waals surface area contributed by atoms with Crippen molar-refractivity contribution in [3.05, 3.63) is 11.1 Å². The van der Waals surface area contributed by atoms with E-state index < -0.39 is 52.5 Å². The lowest BCUT2D eigenvalue weighted by atomic mass is 9.99. The highest BCUT2D eigenvalue weighted by molar-refractivity contribution is 7.84. The molecule has 0 unspecified atom stereocenters. The van der Waals surface area contributed by atoms with E-state index in [4.69, 9.17) is 20.1 Å². The zero-order valence-electron chi connectivity index (χ0n) is 14.1. The first-order chi connectivity index (χ1) is 13.1. The molecule has 0 spiro atoms. The number of carboxylic acids is 1. The largest absolute Gasteiger partial charge is 0.479 e. The summed E-state index contributed by atoms with van der Waals surface area (Å²) in [6.45, 7) is -1.15. The molecule has 1 aliphatic rings. The van der Waals surface area contributed by atoms with Crippen LogP contribution in [0.25, 0.3) is 0 Å². The van der Waals surface area contributed by atoms with E-state index in [2.05, 4.69) is 20.3 Å². The molecule has 0 bridgehead atoms. The zero-order chi connectivity index (χ0) is 21.1. The van der Waals surface area contributed by atoms with E-state index in [-0.39, 0.29) is 21.7 Å². The number of carbonyl (C=O) groups is 3. The van der Waals surface area contributed by atoms with E-state index in [1.165, 1.54) is 12.5 Å². The molecule has 2 rings (SSSR count). The van der Waals surface area contributed by atoms with Crippen LogP contribution in [0.3, 0.4) is 0 Å². The molecule has 28 heavy (non-hydrogen) atoms. The summed E-state index contributed by atoms with van der Waals surface area (Å²) in [6.07, 6.45) is 0. The number of β-lactam (4-membered cyclic amide) rings is 1. The number of thiazole rings is 1. The number of aromatic nitrogens is 1. The molecule has 0 aliphatic carbocycles. The maximum atomic E-state index is 12.5. The van der Waals surface area contributed by atoms with Gasteiger partial charge in [0.1, 0.15) is 17.8 Å². The lowest BCUT2D eigenvalue weighted by Gasteiger charge is -2.43. The first-order valence-electron chi connectivity index (χ1n) is 7.29. The van der Waals surface area contributed by atoms with E-state index in [9.17, 15) is 22.8 Å². The molecule has 0 saturated carbocycles. The minimum Gasteiger partial charge on any atom is -0.479 e. The number of hydrogen-bond donors (Lipinski definition) is 4. The number of nitrogens with two attached hydrogens (primary N) is 1. The fourth-order valence-corrected chi connectivity index (χ4v) is 3.67. The Balaban J connectivity index is 2.22. The predicted octanol–water partition coefficient (Wildman–Crippen LogP) is -2.32. The second-order valence-electron chi connectivity index (χ2n) is 5.26. The van der Waals surface area contributed by atoms with E-state index in [1.807, 2.05) is 0 Å². The Hall–Kier alpha value is -2.82. The van der Waals surface area contributed by atoms with Crippen molar-refractivity contribution in [1.82, 2.24) is 14.6 Å². The lowest BCUT2D eigenvalue weighted by molar-refractivity contribution is -0.147. The second-order valence-corrected chi connectivity index (χ2v) is 7.44. The number of oxime groups is 1. The number of ether oxygens (including phenoxy) is 1. The van der Waals surface area contributed by atoms with Crippen LogP contribution in [0.1, 0.15) is 5.69 Å². The quantitative estimate of drug-likeness (QED) is 0.139. The summed E-state index contributed by atoms with van der Waals surface area (Å²) in [5.74, 6) is -3.45. The van der Waals surface area contributed by atoms with Gasteiger partial charge in [0.2, 0.25) is 6.61 Å². The molecule has 1 fully saturated rings. The maximum Gasteiger partial charge on any atom is 0.362 e. The molecule has 154 valence electrons. The van der Waals surface area contributed by atoms with Crippen LogP contribution in [-0.2, 0) is 34.3 Å². The molecule has 2 atom stereocenters.